The van der Waals surface area contributed by atoms with E-state index < -0.39 is 0 Å². The molecule has 2 aromatic carbocycles. The van der Waals surface area contributed by atoms with Crippen molar-refractivity contribution in [2.75, 3.05) is 12.4 Å². The Morgan fingerprint density at radius 2 is 1.86 bits per heavy atom. The lowest BCUT2D eigenvalue weighted by molar-refractivity contribution is 0.306. The topological polar surface area (TPSA) is 34.2 Å². The summed E-state index contributed by atoms with van der Waals surface area (Å²) in [4.78, 5) is 4.62. The maximum Gasteiger partial charge on any atom is 0.133 e. The number of benzene rings is 2. The summed E-state index contributed by atoms with van der Waals surface area (Å²) in [7, 11) is 1.88. The van der Waals surface area contributed by atoms with Crippen LogP contribution in [0.25, 0.3) is 10.9 Å². The molecule has 106 valence electrons. The highest BCUT2D eigenvalue weighted by atomic mass is 79.9. The van der Waals surface area contributed by atoms with Crippen molar-refractivity contribution in [3.8, 4) is 5.75 Å². The Labute approximate surface area is 132 Å². The maximum atomic E-state index is 5.84. The molecular formula is C17H15BrN2O. The van der Waals surface area contributed by atoms with Gasteiger partial charge in [0.2, 0.25) is 0 Å². The molecule has 0 fully saturated rings. The van der Waals surface area contributed by atoms with Crippen molar-refractivity contribution in [1.29, 1.82) is 0 Å². The molecule has 0 saturated heterocycles. The summed E-state index contributed by atoms with van der Waals surface area (Å²) >= 11 is 3.42. The molecule has 21 heavy (non-hydrogen) atoms. The van der Waals surface area contributed by atoms with Crippen LogP contribution in [0.1, 0.15) is 5.56 Å². The predicted molar refractivity (Wildman–Crippen MR) is 89.8 cm³/mol. The number of hydrogen-bond donors (Lipinski definition) is 1. The normalized spacial score (nSPS) is 10.6. The van der Waals surface area contributed by atoms with Gasteiger partial charge in [0.15, 0.2) is 0 Å². The second-order valence-corrected chi connectivity index (χ2v) is 5.60. The average Bonchev–Trinajstić information content (AvgIpc) is 2.53. The predicted octanol–water partition coefficient (Wildman–Crippen LogP) is 4.62. The fourth-order valence-electron chi connectivity index (χ4n) is 2.18. The first-order chi connectivity index (χ1) is 10.3. The molecule has 0 unspecified atom stereocenters. The SMILES string of the molecule is CNc1nc2ccccc2cc1COc1ccc(Br)cc1. The van der Waals surface area contributed by atoms with E-state index in [1.807, 2.05) is 49.5 Å². The van der Waals surface area contributed by atoms with Crippen molar-refractivity contribution in [3.05, 3.63) is 64.6 Å². The Morgan fingerprint density at radius 3 is 2.62 bits per heavy atom. The van der Waals surface area contributed by atoms with Crippen molar-refractivity contribution >= 4 is 32.7 Å². The number of fused-ring (bicyclic) bond motifs is 1. The van der Waals surface area contributed by atoms with E-state index in [1.54, 1.807) is 0 Å². The van der Waals surface area contributed by atoms with Crippen LogP contribution in [0.15, 0.2) is 59.1 Å². The Balaban J connectivity index is 1.86. The lowest BCUT2D eigenvalue weighted by Crippen LogP contribution is -2.03. The van der Waals surface area contributed by atoms with Crippen LogP contribution in [0.2, 0.25) is 0 Å². The van der Waals surface area contributed by atoms with E-state index in [2.05, 4.69) is 38.4 Å². The van der Waals surface area contributed by atoms with E-state index in [9.17, 15) is 0 Å². The maximum absolute atomic E-state index is 5.84. The zero-order valence-electron chi connectivity index (χ0n) is 11.6. The Morgan fingerprint density at radius 1 is 1.10 bits per heavy atom. The number of rotatable bonds is 4. The molecule has 0 spiro atoms. The highest BCUT2D eigenvalue weighted by molar-refractivity contribution is 9.10. The highest BCUT2D eigenvalue weighted by Gasteiger charge is 2.06. The van der Waals surface area contributed by atoms with Gasteiger partial charge in [-0.3, -0.25) is 0 Å². The molecule has 0 radical (unpaired) electrons. The summed E-state index contributed by atoms with van der Waals surface area (Å²) in [5.74, 6) is 1.69. The van der Waals surface area contributed by atoms with Gasteiger partial charge in [-0.25, -0.2) is 4.98 Å². The molecule has 0 saturated carbocycles. The number of ether oxygens (including phenoxy) is 1. The van der Waals surface area contributed by atoms with Gasteiger partial charge in [-0.1, -0.05) is 34.1 Å². The summed E-state index contributed by atoms with van der Waals surface area (Å²) in [6.07, 6.45) is 0. The van der Waals surface area contributed by atoms with Crippen molar-refractivity contribution in [1.82, 2.24) is 4.98 Å². The fraction of sp³-hybridized carbons (Fsp3) is 0.118. The molecule has 4 heteroatoms. The molecular weight excluding hydrogens is 328 g/mol. The van der Waals surface area contributed by atoms with Crippen molar-refractivity contribution in [2.45, 2.75) is 6.61 Å². The lowest BCUT2D eigenvalue weighted by atomic mass is 10.1. The van der Waals surface area contributed by atoms with Crippen LogP contribution < -0.4 is 10.1 Å². The van der Waals surface area contributed by atoms with E-state index in [4.69, 9.17) is 4.74 Å². The zero-order valence-corrected chi connectivity index (χ0v) is 13.2. The molecule has 0 aliphatic heterocycles. The van der Waals surface area contributed by atoms with Gasteiger partial charge in [-0.05, 0) is 36.4 Å². The molecule has 0 atom stereocenters. The third kappa shape index (κ3) is 3.16. The van der Waals surface area contributed by atoms with Gasteiger partial charge in [-0.2, -0.15) is 0 Å². The molecule has 0 bridgehead atoms. The molecule has 3 aromatic rings. The number of anilines is 1. The Bertz CT molecular complexity index is 756. The minimum Gasteiger partial charge on any atom is -0.489 e. The van der Waals surface area contributed by atoms with E-state index in [0.29, 0.717) is 6.61 Å². The third-order valence-corrected chi connectivity index (χ3v) is 3.78. The van der Waals surface area contributed by atoms with E-state index in [0.717, 1.165) is 32.5 Å². The number of aromatic nitrogens is 1. The van der Waals surface area contributed by atoms with E-state index >= 15 is 0 Å². The summed E-state index contributed by atoms with van der Waals surface area (Å²) in [5, 5.41) is 4.25. The highest BCUT2D eigenvalue weighted by Crippen LogP contribution is 2.23. The number of nitrogens with one attached hydrogen (secondary N) is 1. The summed E-state index contributed by atoms with van der Waals surface area (Å²) < 4.78 is 6.88. The molecule has 1 heterocycles. The summed E-state index contributed by atoms with van der Waals surface area (Å²) in [6, 6.07) is 18.0. The van der Waals surface area contributed by atoms with Gasteiger partial charge < -0.3 is 10.1 Å². The largest absolute Gasteiger partial charge is 0.489 e. The standard InChI is InChI=1S/C17H15BrN2O/c1-19-17-13(10-12-4-2-3-5-16(12)20-17)11-21-15-8-6-14(18)7-9-15/h2-10H,11H2,1H3,(H,19,20). The van der Waals surface area contributed by atoms with Gasteiger partial charge in [-0.15, -0.1) is 0 Å². The quantitative estimate of drug-likeness (QED) is 0.751. The minimum atomic E-state index is 0.482. The Kier molecular flexibility index (Phi) is 4.06. The van der Waals surface area contributed by atoms with Crippen molar-refractivity contribution in [2.24, 2.45) is 0 Å². The van der Waals surface area contributed by atoms with Gasteiger partial charge in [0, 0.05) is 22.5 Å². The van der Waals surface area contributed by atoms with Crippen LogP contribution in [-0.4, -0.2) is 12.0 Å². The van der Waals surface area contributed by atoms with Crippen LogP contribution in [0, 0.1) is 0 Å². The lowest BCUT2D eigenvalue weighted by Gasteiger charge is -2.11. The molecule has 0 aliphatic carbocycles. The van der Waals surface area contributed by atoms with Crippen LogP contribution in [-0.2, 0) is 6.61 Å². The minimum absolute atomic E-state index is 0.482. The smallest absolute Gasteiger partial charge is 0.133 e. The van der Waals surface area contributed by atoms with Gasteiger partial charge in [0.25, 0.3) is 0 Å². The molecule has 1 aromatic heterocycles. The molecule has 0 aliphatic rings. The first-order valence-corrected chi connectivity index (χ1v) is 7.50. The molecule has 3 nitrogen and oxygen atoms in total. The second kappa shape index (κ2) is 6.14. The number of pyridine rings is 1. The van der Waals surface area contributed by atoms with Crippen LogP contribution in [0.4, 0.5) is 5.82 Å². The van der Waals surface area contributed by atoms with Crippen LogP contribution >= 0.6 is 15.9 Å². The summed E-state index contributed by atoms with van der Waals surface area (Å²) in [5.41, 5.74) is 2.02. The van der Waals surface area contributed by atoms with Gasteiger partial charge in [0.1, 0.15) is 18.2 Å². The second-order valence-electron chi connectivity index (χ2n) is 4.68. The first-order valence-electron chi connectivity index (χ1n) is 6.71. The number of hydrogen-bond acceptors (Lipinski definition) is 3. The fourth-order valence-corrected chi connectivity index (χ4v) is 2.44. The van der Waals surface area contributed by atoms with Crippen molar-refractivity contribution < 1.29 is 4.74 Å². The van der Waals surface area contributed by atoms with Gasteiger partial charge in [0.05, 0.1) is 5.52 Å². The number of para-hydroxylation sites is 1. The monoisotopic (exact) mass is 342 g/mol. The van der Waals surface area contributed by atoms with E-state index in [-0.39, 0.29) is 0 Å². The first kappa shape index (κ1) is 13.9. The van der Waals surface area contributed by atoms with Crippen LogP contribution in [0.5, 0.6) is 5.75 Å². The average molecular weight is 343 g/mol. The zero-order chi connectivity index (χ0) is 14.7. The van der Waals surface area contributed by atoms with E-state index in [1.165, 1.54) is 0 Å². The number of nitrogens with zero attached hydrogens (tertiary/aromatic N) is 1. The third-order valence-electron chi connectivity index (χ3n) is 3.25. The molecule has 3 rings (SSSR count). The van der Waals surface area contributed by atoms with Gasteiger partial charge >= 0.3 is 0 Å². The number of halogens is 1. The summed E-state index contributed by atoms with van der Waals surface area (Å²) in [6.45, 7) is 0.482. The van der Waals surface area contributed by atoms with Crippen molar-refractivity contribution in [3.63, 3.8) is 0 Å². The van der Waals surface area contributed by atoms with Crippen LogP contribution in [0.3, 0.4) is 0 Å². The molecule has 0 amide bonds. The Hall–Kier alpha value is -2.07. The molecule has 1 N–H and O–H groups in total.